The fraction of sp³-hybridized carbons (Fsp3) is 0.438. The Kier molecular flexibility index (Phi) is 6.76. The molecule has 0 bridgehead atoms. The Morgan fingerprint density at radius 2 is 1.83 bits per heavy atom. The lowest BCUT2D eigenvalue weighted by molar-refractivity contribution is -0.200. The summed E-state index contributed by atoms with van der Waals surface area (Å²) >= 11 is 0. The van der Waals surface area contributed by atoms with Gasteiger partial charge in [0.25, 0.3) is 11.8 Å². The number of nitrogens with zero attached hydrogens (tertiary/aromatic N) is 4. The number of aromatic nitrogens is 2. The van der Waals surface area contributed by atoms with E-state index in [9.17, 15) is 19.3 Å². The highest BCUT2D eigenvalue weighted by Gasteiger charge is 2.32. The zero-order chi connectivity index (χ0) is 20.6. The summed E-state index contributed by atoms with van der Waals surface area (Å²) < 4.78 is 15.1. The third kappa shape index (κ3) is 5.08. The van der Waals surface area contributed by atoms with Gasteiger partial charge < -0.3 is 19.6 Å². The summed E-state index contributed by atoms with van der Waals surface area (Å²) in [4.78, 5) is 49.5. The number of carbonyl (C=O) groups excluding carboxylic acids is 3. The molecular formula is C16H17N5O8. The topological polar surface area (TPSA) is 163 Å². The second-order valence-corrected chi connectivity index (χ2v) is 5.82. The van der Waals surface area contributed by atoms with E-state index in [4.69, 9.17) is 9.47 Å². The maximum Gasteiger partial charge on any atom is 0.358 e. The van der Waals surface area contributed by atoms with Gasteiger partial charge in [-0.25, -0.2) is 9.42 Å². The number of imide groups is 1. The van der Waals surface area contributed by atoms with Crippen molar-refractivity contribution in [3.05, 3.63) is 17.0 Å². The maximum absolute atomic E-state index is 11.5. The number of nitroso groups, excluding NO2 is 1. The molecule has 1 aromatic carbocycles. The summed E-state index contributed by atoms with van der Waals surface area (Å²) in [6.45, 7) is 0.675. The zero-order valence-corrected chi connectivity index (χ0v) is 15.2. The van der Waals surface area contributed by atoms with Crippen LogP contribution < -0.4 is 5.32 Å². The van der Waals surface area contributed by atoms with E-state index in [1.165, 1.54) is 6.07 Å². The molecule has 3 rings (SSSR count). The molecule has 0 aliphatic carbocycles. The molecule has 1 aliphatic heterocycles. The first-order valence-electron chi connectivity index (χ1n) is 8.64. The number of rotatable bonds is 11. The fourth-order valence-electron chi connectivity index (χ4n) is 2.49. The first kappa shape index (κ1) is 20.3. The summed E-state index contributed by atoms with van der Waals surface area (Å²) in [7, 11) is 0. The van der Waals surface area contributed by atoms with Gasteiger partial charge in [0.15, 0.2) is 11.0 Å². The Labute approximate surface area is 163 Å². The molecule has 13 heteroatoms. The third-order valence-corrected chi connectivity index (χ3v) is 3.85. The Morgan fingerprint density at radius 3 is 2.59 bits per heavy atom. The van der Waals surface area contributed by atoms with Crippen LogP contribution >= 0.6 is 0 Å². The molecule has 1 aliphatic rings. The van der Waals surface area contributed by atoms with Crippen molar-refractivity contribution >= 4 is 40.2 Å². The summed E-state index contributed by atoms with van der Waals surface area (Å²) in [6.07, 6.45) is 0.0668. The van der Waals surface area contributed by atoms with Crippen LogP contribution in [0, 0.1) is 4.91 Å². The largest absolute Gasteiger partial charge is 0.381 e. The van der Waals surface area contributed by atoms with Crippen molar-refractivity contribution in [1.82, 2.24) is 15.4 Å². The molecule has 154 valence electrons. The number of nitrogens with one attached hydrogen (secondary N) is 1. The van der Waals surface area contributed by atoms with Crippen LogP contribution in [0.15, 0.2) is 21.9 Å². The minimum absolute atomic E-state index is 0.0334. The molecule has 2 heterocycles. The molecule has 2 amide bonds. The molecule has 0 unspecified atom stereocenters. The van der Waals surface area contributed by atoms with E-state index in [1.54, 1.807) is 6.07 Å². The van der Waals surface area contributed by atoms with Crippen LogP contribution in [0.4, 0.5) is 11.4 Å². The van der Waals surface area contributed by atoms with Gasteiger partial charge in [0.05, 0.1) is 25.5 Å². The highest BCUT2D eigenvalue weighted by atomic mass is 16.7. The Hall–Kier alpha value is -3.45. The fourth-order valence-corrected chi connectivity index (χ4v) is 2.49. The van der Waals surface area contributed by atoms with Gasteiger partial charge in [-0.15, -0.1) is 9.97 Å². The van der Waals surface area contributed by atoms with Gasteiger partial charge in [-0.05, 0) is 27.6 Å². The first-order valence-corrected chi connectivity index (χ1v) is 8.64. The number of hydroxylamine groups is 2. The molecular weight excluding hydrogens is 390 g/mol. The van der Waals surface area contributed by atoms with Crippen molar-refractivity contribution in [2.75, 3.05) is 38.3 Å². The predicted molar refractivity (Wildman–Crippen MR) is 94.6 cm³/mol. The number of carbonyl (C=O) groups is 3. The average Bonchev–Trinajstić information content (AvgIpc) is 3.32. The number of hydrogen-bond acceptors (Lipinski definition) is 12. The van der Waals surface area contributed by atoms with Gasteiger partial charge in [-0.2, -0.15) is 0 Å². The van der Waals surface area contributed by atoms with E-state index in [0.29, 0.717) is 29.4 Å². The lowest BCUT2D eigenvalue weighted by Crippen LogP contribution is -2.33. The van der Waals surface area contributed by atoms with Crippen LogP contribution in [0.5, 0.6) is 0 Å². The lowest BCUT2D eigenvalue weighted by atomic mass is 10.2. The van der Waals surface area contributed by atoms with Gasteiger partial charge >= 0.3 is 5.97 Å². The summed E-state index contributed by atoms with van der Waals surface area (Å²) in [5.74, 6) is -1.93. The number of fused-ring (bicyclic) bond motifs is 1. The van der Waals surface area contributed by atoms with E-state index in [1.807, 2.05) is 0 Å². The predicted octanol–water partition coefficient (Wildman–Crippen LogP) is 0.673. The van der Waals surface area contributed by atoms with E-state index < -0.39 is 24.4 Å². The van der Waals surface area contributed by atoms with Crippen LogP contribution in [0.1, 0.15) is 12.8 Å². The van der Waals surface area contributed by atoms with Gasteiger partial charge in [0.1, 0.15) is 12.3 Å². The molecule has 2 aromatic rings. The van der Waals surface area contributed by atoms with Crippen molar-refractivity contribution in [3.63, 3.8) is 0 Å². The van der Waals surface area contributed by atoms with Gasteiger partial charge in [-0.1, -0.05) is 0 Å². The normalized spacial score (nSPS) is 13.9. The smallest absolute Gasteiger partial charge is 0.358 e. The van der Waals surface area contributed by atoms with E-state index >= 15 is 0 Å². The van der Waals surface area contributed by atoms with Crippen molar-refractivity contribution in [3.8, 4) is 0 Å². The second kappa shape index (κ2) is 9.66. The number of benzene rings is 1. The van der Waals surface area contributed by atoms with Gasteiger partial charge in [-0.3, -0.25) is 9.59 Å². The number of anilines is 1. The first-order chi connectivity index (χ1) is 14.1. The molecule has 0 atom stereocenters. The molecule has 0 saturated carbocycles. The molecule has 0 spiro atoms. The molecule has 1 fully saturated rings. The van der Waals surface area contributed by atoms with Crippen LogP contribution in [0.25, 0.3) is 11.0 Å². The highest BCUT2D eigenvalue weighted by Crippen LogP contribution is 2.28. The third-order valence-electron chi connectivity index (χ3n) is 3.85. The molecule has 0 radical (unpaired) electrons. The van der Waals surface area contributed by atoms with Crippen molar-refractivity contribution in [2.45, 2.75) is 12.8 Å². The Bertz CT molecular complexity index is 898. The molecule has 29 heavy (non-hydrogen) atoms. The number of ether oxygens (including phenoxy) is 2. The summed E-state index contributed by atoms with van der Waals surface area (Å²) in [5.41, 5.74) is 1.40. The maximum atomic E-state index is 11.5. The Balaban J connectivity index is 1.28. The number of amides is 2. The van der Waals surface area contributed by atoms with Crippen LogP contribution in [0.2, 0.25) is 0 Å². The van der Waals surface area contributed by atoms with E-state index in [2.05, 4.69) is 30.3 Å². The lowest BCUT2D eigenvalue weighted by Gasteiger charge is -2.12. The average molecular weight is 407 g/mol. The van der Waals surface area contributed by atoms with Gasteiger partial charge in [0, 0.05) is 19.4 Å². The molecule has 1 N–H and O–H groups in total. The van der Waals surface area contributed by atoms with Crippen LogP contribution in [0.3, 0.4) is 0 Å². The summed E-state index contributed by atoms with van der Waals surface area (Å²) in [5, 5.41) is 13.8. The monoisotopic (exact) mass is 407 g/mol. The Morgan fingerprint density at radius 1 is 1.10 bits per heavy atom. The van der Waals surface area contributed by atoms with Crippen LogP contribution in [-0.2, 0) is 28.7 Å². The van der Waals surface area contributed by atoms with Crippen molar-refractivity contribution in [1.29, 1.82) is 0 Å². The number of hydrogen-bond donors (Lipinski definition) is 1. The van der Waals surface area contributed by atoms with Crippen LogP contribution in [-0.4, -0.2) is 66.1 Å². The quantitative estimate of drug-likeness (QED) is 0.316. The second-order valence-electron chi connectivity index (χ2n) is 5.82. The van der Waals surface area contributed by atoms with E-state index in [0.717, 1.165) is 0 Å². The van der Waals surface area contributed by atoms with Gasteiger partial charge in [0.2, 0.25) is 0 Å². The summed E-state index contributed by atoms with van der Waals surface area (Å²) in [6, 6.07) is 3.13. The van der Waals surface area contributed by atoms with E-state index in [-0.39, 0.29) is 37.3 Å². The standard InChI is InChI=1S/C16H17N5O8/c22-12-3-4-13(23)21(12)28-14(24)9-27-8-7-26-6-5-17-10-1-2-11(18-25)16-15(10)19-29-20-16/h1-2,17H,3-9H2. The molecule has 13 nitrogen and oxygen atoms in total. The molecule has 1 aromatic heterocycles. The highest BCUT2D eigenvalue weighted by molar-refractivity contribution is 6.01. The minimum atomic E-state index is -0.839. The molecule has 1 saturated heterocycles. The minimum Gasteiger partial charge on any atom is -0.381 e. The van der Waals surface area contributed by atoms with Crippen molar-refractivity contribution in [2.24, 2.45) is 5.18 Å². The zero-order valence-electron chi connectivity index (χ0n) is 15.2. The SMILES string of the molecule is O=Nc1ccc(NCCOCCOCC(=O)ON2C(=O)CCC2=O)c2nonc12. The van der Waals surface area contributed by atoms with Crippen molar-refractivity contribution < 1.29 is 33.3 Å².